The Balaban J connectivity index is 2.02. The minimum atomic E-state index is 0.514. The second-order valence-electron chi connectivity index (χ2n) is 3.26. The van der Waals surface area contributed by atoms with Crippen molar-refractivity contribution in [3.05, 3.63) is 50.6 Å². The van der Waals surface area contributed by atoms with Crippen molar-refractivity contribution in [1.29, 1.82) is 0 Å². The van der Waals surface area contributed by atoms with Gasteiger partial charge in [-0.2, -0.15) is 0 Å². The van der Waals surface area contributed by atoms with Gasteiger partial charge in [0.2, 0.25) is 0 Å². The van der Waals surface area contributed by atoms with E-state index < -0.39 is 0 Å². The van der Waals surface area contributed by atoms with Gasteiger partial charge in [-0.05, 0) is 45.1 Å². The van der Waals surface area contributed by atoms with E-state index in [1.807, 2.05) is 35.7 Å². The molecule has 0 aliphatic heterocycles. The molecule has 0 amide bonds. The summed E-state index contributed by atoms with van der Waals surface area (Å²) in [5.74, 6) is 1.37. The van der Waals surface area contributed by atoms with Crippen LogP contribution in [0.3, 0.4) is 0 Å². The van der Waals surface area contributed by atoms with Crippen LogP contribution in [0, 0.1) is 0 Å². The molecule has 84 valence electrons. The van der Waals surface area contributed by atoms with Gasteiger partial charge in [0.1, 0.15) is 12.4 Å². The average molecular weight is 318 g/mol. The van der Waals surface area contributed by atoms with Crippen LogP contribution in [-0.2, 0) is 12.5 Å². The van der Waals surface area contributed by atoms with Gasteiger partial charge < -0.3 is 4.74 Å². The standard InChI is InChI=1S/C12H10BrClOS/c13-11-4-5-16-12(11)8-15-10-3-1-2-9(6-10)7-14/h1-6H,7-8H2. The van der Waals surface area contributed by atoms with Crippen molar-refractivity contribution in [2.45, 2.75) is 12.5 Å². The lowest BCUT2D eigenvalue weighted by molar-refractivity contribution is 0.309. The van der Waals surface area contributed by atoms with Crippen LogP contribution in [0.25, 0.3) is 0 Å². The van der Waals surface area contributed by atoms with Crippen LogP contribution in [0.15, 0.2) is 40.2 Å². The van der Waals surface area contributed by atoms with Crippen molar-refractivity contribution in [3.63, 3.8) is 0 Å². The van der Waals surface area contributed by atoms with Crippen LogP contribution < -0.4 is 4.74 Å². The van der Waals surface area contributed by atoms with E-state index >= 15 is 0 Å². The van der Waals surface area contributed by atoms with Crippen LogP contribution in [-0.4, -0.2) is 0 Å². The predicted octanol–water partition coefficient (Wildman–Crippen LogP) is 4.83. The molecule has 0 atom stereocenters. The maximum absolute atomic E-state index is 5.76. The summed E-state index contributed by atoms with van der Waals surface area (Å²) in [7, 11) is 0. The first-order valence-electron chi connectivity index (χ1n) is 4.79. The Morgan fingerprint density at radius 1 is 1.31 bits per heavy atom. The molecule has 1 heterocycles. The molecule has 16 heavy (non-hydrogen) atoms. The van der Waals surface area contributed by atoms with E-state index in [4.69, 9.17) is 16.3 Å². The van der Waals surface area contributed by atoms with Gasteiger partial charge >= 0.3 is 0 Å². The molecule has 0 saturated carbocycles. The topological polar surface area (TPSA) is 9.23 Å². The average Bonchev–Trinajstić information content (AvgIpc) is 2.72. The molecular formula is C12H10BrClOS. The molecular weight excluding hydrogens is 308 g/mol. The molecule has 0 unspecified atom stereocenters. The van der Waals surface area contributed by atoms with Crippen LogP contribution >= 0.6 is 38.9 Å². The van der Waals surface area contributed by atoms with Crippen molar-refractivity contribution >= 4 is 38.9 Å². The monoisotopic (exact) mass is 316 g/mol. The van der Waals surface area contributed by atoms with Gasteiger partial charge in [0, 0.05) is 10.4 Å². The summed E-state index contributed by atoms with van der Waals surface area (Å²) in [5, 5.41) is 2.04. The highest BCUT2D eigenvalue weighted by Crippen LogP contribution is 2.24. The Hall–Kier alpha value is -0.510. The minimum absolute atomic E-state index is 0.514. The third kappa shape index (κ3) is 3.00. The van der Waals surface area contributed by atoms with E-state index in [1.165, 1.54) is 4.88 Å². The Kier molecular flexibility index (Phi) is 4.27. The first-order valence-corrected chi connectivity index (χ1v) is 7.00. The van der Waals surface area contributed by atoms with Crippen molar-refractivity contribution < 1.29 is 4.74 Å². The van der Waals surface area contributed by atoms with Crippen molar-refractivity contribution in [3.8, 4) is 5.75 Å². The molecule has 1 aromatic heterocycles. The summed E-state index contributed by atoms with van der Waals surface area (Å²) < 4.78 is 6.80. The maximum atomic E-state index is 5.76. The molecule has 0 aliphatic rings. The number of benzene rings is 1. The third-order valence-electron chi connectivity index (χ3n) is 2.11. The quantitative estimate of drug-likeness (QED) is 0.734. The number of hydrogen-bond donors (Lipinski definition) is 0. The van der Waals surface area contributed by atoms with Crippen LogP contribution in [0.2, 0.25) is 0 Å². The fourth-order valence-electron chi connectivity index (χ4n) is 1.30. The lowest BCUT2D eigenvalue weighted by Crippen LogP contribution is -1.93. The van der Waals surface area contributed by atoms with E-state index in [-0.39, 0.29) is 0 Å². The van der Waals surface area contributed by atoms with Crippen molar-refractivity contribution in [2.75, 3.05) is 0 Å². The number of thiophene rings is 1. The van der Waals surface area contributed by atoms with E-state index in [2.05, 4.69) is 15.9 Å². The third-order valence-corrected chi connectivity index (χ3v) is 4.32. The molecule has 0 radical (unpaired) electrons. The first kappa shape index (κ1) is 12.0. The number of halogens is 2. The summed E-state index contributed by atoms with van der Waals surface area (Å²) in [5.41, 5.74) is 1.07. The fraction of sp³-hybridized carbons (Fsp3) is 0.167. The highest BCUT2D eigenvalue weighted by molar-refractivity contribution is 9.10. The zero-order chi connectivity index (χ0) is 11.4. The van der Waals surface area contributed by atoms with Gasteiger partial charge in [-0.15, -0.1) is 22.9 Å². The van der Waals surface area contributed by atoms with E-state index in [0.717, 1.165) is 15.8 Å². The number of ether oxygens (including phenoxy) is 1. The number of hydrogen-bond acceptors (Lipinski definition) is 2. The lowest BCUT2D eigenvalue weighted by atomic mass is 10.2. The Labute approximate surface area is 112 Å². The lowest BCUT2D eigenvalue weighted by Gasteiger charge is -2.06. The minimum Gasteiger partial charge on any atom is -0.488 e. The second-order valence-corrected chi connectivity index (χ2v) is 5.38. The highest BCUT2D eigenvalue weighted by atomic mass is 79.9. The summed E-state index contributed by atoms with van der Waals surface area (Å²) in [4.78, 5) is 1.19. The predicted molar refractivity (Wildman–Crippen MR) is 72.4 cm³/mol. The van der Waals surface area contributed by atoms with Gasteiger partial charge in [0.05, 0.1) is 4.88 Å². The van der Waals surface area contributed by atoms with Crippen molar-refractivity contribution in [1.82, 2.24) is 0 Å². The summed E-state index contributed by atoms with van der Waals surface area (Å²) in [6.45, 7) is 0.587. The van der Waals surface area contributed by atoms with Gasteiger partial charge in [0.25, 0.3) is 0 Å². The molecule has 4 heteroatoms. The van der Waals surface area contributed by atoms with Crippen molar-refractivity contribution in [2.24, 2.45) is 0 Å². The SMILES string of the molecule is ClCc1cccc(OCc2sccc2Br)c1. The van der Waals surface area contributed by atoms with Gasteiger partial charge in [-0.25, -0.2) is 0 Å². The largest absolute Gasteiger partial charge is 0.488 e. The Morgan fingerprint density at radius 3 is 2.88 bits per heavy atom. The Bertz CT molecular complexity index is 470. The van der Waals surface area contributed by atoms with Gasteiger partial charge in [-0.1, -0.05) is 12.1 Å². The summed E-state index contributed by atoms with van der Waals surface area (Å²) >= 11 is 10.9. The van der Waals surface area contributed by atoms with Crippen LogP contribution in [0.4, 0.5) is 0 Å². The number of rotatable bonds is 4. The molecule has 0 N–H and O–H groups in total. The zero-order valence-electron chi connectivity index (χ0n) is 8.45. The molecule has 0 bridgehead atoms. The van der Waals surface area contributed by atoms with E-state index in [0.29, 0.717) is 12.5 Å². The maximum Gasteiger partial charge on any atom is 0.124 e. The smallest absolute Gasteiger partial charge is 0.124 e. The van der Waals surface area contributed by atoms with E-state index in [1.54, 1.807) is 11.3 Å². The van der Waals surface area contributed by atoms with Crippen LogP contribution in [0.5, 0.6) is 5.75 Å². The summed E-state index contributed by atoms with van der Waals surface area (Å²) in [6.07, 6.45) is 0. The number of alkyl halides is 1. The zero-order valence-corrected chi connectivity index (χ0v) is 11.6. The summed E-state index contributed by atoms with van der Waals surface area (Å²) in [6, 6.07) is 9.88. The molecule has 0 aliphatic carbocycles. The molecule has 0 fully saturated rings. The fourth-order valence-corrected chi connectivity index (χ4v) is 2.84. The normalized spacial score (nSPS) is 10.4. The van der Waals surface area contributed by atoms with Gasteiger partial charge in [-0.3, -0.25) is 0 Å². The molecule has 1 aromatic carbocycles. The second kappa shape index (κ2) is 5.71. The molecule has 2 rings (SSSR count). The Morgan fingerprint density at radius 2 is 2.19 bits per heavy atom. The molecule has 2 aromatic rings. The highest BCUT2D eigenvalue weighted by Gasteiger charge is 2.02. The molecule has 0 saturated heterocycles. The van der Waals surface area contributed by atoms with Gasteiger partial charge in [0.15, 0.2) is 0 Å². The van der Waals surface area contributed by atoms with E-state index in [9.17, 15) is 0 Å². The van der Waals surface area contributed by atoms with Crippen LogP contribution in [0.1, 0.15) is 10.4 Å². The first-order chi connectivity index (χ1) is 7.79. The molecule has 0 spiro atoms. The molecule has 1 nitrogen and oxygen atoms in total.